The van der Waals surface area contributed by atoms with Gasteiger partial charge >= 0.3 is 0 Å². The third-order valence-electron chi connectivity index (χ3n) is 3.03. The molecule has 0 saturated carbocycles. The summed E-state index contributed by atoms with van der Waals surface area (Å²) in [5, 5.41) is 7.70. The van der Waals surface area contributed by atoms with E-state index in [4.69, 9.17) is 0 Å². The molecule has 0 aliphatic heterocycles. The Kier molecular flexibility index (Phi) is 3.84. The van der Waals surface area contributed by atoms with Crippen molar-refractivity contribution in [3.63, 3.8) is 0 Å². The van der Waals surface area contributed by atoms with Crippen molar-refractivity contribution in [1.29, 1.82) is 0 Å². The SMILES string of the molecule is CCc1nn2c(=O)cc(CNc3cc(F)ccc3F)nc2s1. The highest BCUT2D eigenvalue weighted by Gasteiger charge is 2.09. The van der Waals surface area contributed by atoms with E-state index in [9.17, 15) is 13.6 Å². The minimum absolute atomic E-state index is 0.0283. The summed E-state index contributed by atoms with van der Waals surface area (Å²) in [6.07, 6.45) is 0.718. The highest BCUT2D eigenvalue weighted by atomic mass is 32.1. The smallest absolute Gasteiger partial charge is 0.275 e. The van der Waals surface area contributed by atoms with E-state index in [-0.39, 0.29) is 17.8 Å². The summed E-state index contributed by atoms with van der Waals surface area (Å²) in [7, 11) is 0. The summed E-state index contributed by atoms with van der Waals surface area (Å²) < 4.78 is 27.9. The van der Waals surface area contributed by atoms with E-state index in [0.717, 1.165) is 29.6 Å². The molecule has 114 valence electrons. The predicted octanol–water partition coefficient (Wildman–Crippen LogP) is 2.60. The van der Waals surface area contributed by atoms with Crippen LogP contribution in [-0.4, -0.2) is 14.6 Å². The lowest BCUT2D eigenvalue weighted by atomic mass is 10.3. The van der Waals surface area contributed by atoms with Crippen LogP contribution in [0.25, 0.3) is 4.96 Å². The van der Waals surface area contributed by atoms with Crippen molar-refractivity contribution in [2.75, 3.05) is 5.32 Å². The van der Waals surface area contributed by atoms with Gasteiger partial charge < -0.3 is 5.32 Å². The van der Waals surface area contributed by atoms with Crippen LogP contribution in [0.4, 0.5) is 14.5 Å². The fourth-order valence-electron chi connectivity index (χ4n) is 1.95. The van der Waals surface area contributed by atoms with Crippen LogP contribution in [0.1, 0.15) is 17.6 Å². The average Bonchev–Trinajstić information content (AvgIpc) is 2.92. The molecule has 3 rings (SSSR count). The van der Waals surface area contributed by atoms with E-state index in [0.29, 0.717) is 10.7 Å². The van der Waals surface area contributed by atoms with Crippen molar-refractivity contribution in [2.45, 2.75) is 19.9 Å². The molecule has 3 aromatic rings. The Balaban J connectivity index is 1.87. The molecule has 2 heterocycles. The first-order valence-corrected chi connectivity index (χ1v) is 7.46. The number of aryl methyl sites for hydroxylation is 1. The minimum atomic E-state index is -0.565. The second kappa shape index (κ2) is 5.80. The summed E-state index contributed by atoms with van der Waals surface area (Å²) in [5.41, 5.74) is 0.179. The van der Waals surface area contributed by atoms with E-state index in [1.807, 2.05) is 6.92 Å². The van der Waals surface area contributed by atoms with Crippen LogP contribution in [0.2, 0.25) is 0 Å². The number of fused-ring (bicyclic) bond motifs is 1. The minimum Gasteiger partial charge on any atom is -0.377 e. The third kappa shape index (κ3) is 2.82. The molecule has 1 N–H and O–H groups in total. The Morgan fingerprint density at radius 2 is 2.14 bits per heavy atom. The monoisotopic (exact) mass is 322 g/mol. The lowest BCUT2D eigenvalue weighted by molar-refractivity contribution is 0.602. The summed E-state index contributed by atoms with van der Waals surface area (Å²) >= 11 is 1.33. The zero-order valence-electron chi connectivity index (χ0n) is 11.6. The number of hydrogen-bond donors (Lipinski definition) is 1. The number of halogens is 2. The van der Waals surface area contributed by atoms with Crippen molar-refractivity contribution in [2.24, 2.45) is 0 Å². The molecular formula is C14H12F2N4OS. The molecular weight excluding hydrogens is 310 g/mol. The van der Waals surface area contributed by atoms with Crippen molar-refractivity contribution in [3.05, 3.63) is 57.0 Å². The van der Waals surface area contributed by atoms with Gasteiger partial charge in [0, 0.05) is 6.07 Å². The fraction of sp³-hybridized carbons (Fsp3) is 0.214. The number of benzene rings is 1. The molecule has 0 bridgehead atoms. The molecule has 0 spiro atoms. The zero-order valence-corrected chi connectivity index (χ0v) is 12.5. The summed E-state index contributed by atoms with van der Waals surface area (Å²) in [6.45, 7) is 2.06. The van der Waals surface area contributed by atoms with E-state index >= 15 is 0 Å². The molecule has 0 saturated heterocycles. The second-order valence-electron chi connectivity index (χ2n) is 4.61. The summed E-state index contributed by atoms with van der Waals surface area (Å²) in [6, 6.07) is 4.47. The number of aromatic nitrogens is 3. The van der Waals surface area contributed by atoms with Gasteiger partial charge in [-0.05, 0) is 24.6 Å². The van der Waals surface area contributed by atoms with Gasteiger partial charge in [0.25, 0.3) is 5.56 Å². The normalized spacial score (nSPS) is 11.0. The molecule has 2 aromatic heterocycles. The first-order valence-electron chi connectivity index (χ1n) is 6.64. The van der Waals surface area contributed by atoms with Gasteiger partial charge in [0.05, 0.1) is 17.9 Å². The van der Waals surface area contributed by atoms with Crippen LogP contribution in [0.5, 0.6) is 0 Å². The van der Waals surface area contributed by atoms with Crippen molar-refractivity contribution in [3.8, 4) is 0 Å². The van der Waals surface area contributed by atoms with Gasteiger partial charge in [-0.2, -0.15) is 9.61 Å². The lowest BCUT2D eigenvalue weighted by Gasteiger charge is -2.07. The van der Waals surface area contributed by atoms with Gasteiger partial charge in [-0.1, -0.05) is 18.3 Å². The molecule has 5 nitrogen and oxygen atoms in total. The summed E-state index contributed by atoms with van der Waals surface area (Å²) in [4.78, 5) is 16.8. The largest absolute Gasteiger partial charge is 0.377 e. The number of hydrogen-bond acceptors (Lipinski definition) is 5. The zero-order chi connectivity index (χ0) is 15.7. The van der Waals surface area contributed by atoms with E-state index < -0.39 is 11.6 Å². The Hall–Kier alpha value is -2.35. The maximum Gasteiger partial charge on any atom is 0.275 e. The number of anilines is 1. The highest BCUT2D eigenvalue weighted by Crippen LogP contribution is 2.16. The Morgan fingerprint density at radius 3 is 2.91 bits per heavy atom. The van der Waals surface area contributed by atoms with E-state index in [2.05, 4.69) is 15.4 Å². The Labute approximate surface area is 128 Å². The van der Waals surface area contributed by atoms with Gasteiger partial charge in [0.1, 0.15) is 16.6 Å². The molecule has 0 amide bonds. The van der Waals surface area contributed by atoms with Crippen molar-refractivity contribution >= 4 is 22.0 Å². The number of nitrogens with zero attached hydrogens (tertiary/aromatic N) is 3. The highest BCUT2D eigenvalue weighted by molar-refractivity contribution is 7.16. The molecule has 0 aliphatic rings. The van der Waals surface area contributed by atoms with E-state index in [1.54, 1.807) is 0 Å². The number of nitrogens with one attached hydrogen (secondary N) is 1. The lowest BCUT2D eigenvalue weighted by Crippen LogP contribution is -2.17. The molecule has 0 aliphatic carbocycles. The third-order valence-corrected chi connectivity index (χ3v) is 4.08. The molecule has 0 fully saturated rings. The number of rotatable bonds is 4. The van der Waals surface area contributed by atoms with Gasteiger partial charge in [0.2, 0.25) is 4.96 Å². The van der Waals surface area contributed by atoms with Crippen molar-refractivity contribution < 1.29 is 8.78 Å². The van der Waals surface area contributed by atoms with Gasteiger partial charge in [-0.15, -0.1) is 0 Å². The van der Waals surface area contributed by atoms with Crippen LogP contribution in [0, 0.1) is 11.6 Å². The maximum absolute atomic E-state index is 13.5. The Morgan fingerprint density at radius 1 is 1.32 bits per heavy atom. The van der Waals surface area contributed by atoms with E-state index in [1.165, 1.54) is 21.9 Å². The molecule has 0 radical (unpaired) electrons. The average molecular weight is 322 g/mol. The van der Waals surface area contributed by atoms with Crippen LogP contribution in [0.15, 0.2) is 29.1 Å². The molecule has 22 heavy (non-hydrogen) atoms. The van der Waals surface area contributed by atoms with Gasteiger partial charge in [-0.25, -0.2) is 13.8 Å². The fourth-order valence-corrected chi connectivity index (χ4v) is 2.81. The van der Waals surface area contributed by atoms with Gasteiger partial charge in [0.15, 0.2) is 0 Å². The first-order chi connectivity index (χ1) is 10.6. The van der Waals surface area contributed by atoms with Crippen LogP contribution in [0.3, 0.4) is 0 Å². The predicted molar refractivity (Wildman–Crippen MR) is 80.2 cm³/mol. The second-order valence-corrected chi connectivity index (χ2v) is 5.65. The topological polar surface area (TPSA) is 59.3 Å². The van der Waals surface area contributed by atoms with Gasteiger partial charge in [-0.3, -0.25) is 4.79 Å². The first kappa shape index (κ1) is 14.6. The molecule has 8 heteroatoms. The quantitative estimate of drug-likeness (QED) is 0.802. The summed E-state index contributed by atoms with van der Waals surface area (Å²) in [5.74, 6) is -1.10. The molecule has 1 aromatic carbocycles. The molecule has 0 atom stereocenters. The Bertz CT molecular complexity index is 890. The standard InChI is InChI=1S/C14H12F2N4OS/c1-2-12-19-20-13(21)6-9(18-14(20)22-12)7-17-11-5-8(15)3-4-10(11)16/h3-6,17H,2,7H2,1H3. The van der Waals surface area contributed by atoms with Crippen molar-refractivity contribution in [1.82, 2.24) is 14.6 Å². The van der Waals surface area contributed by atoms with Crippen LogP contribution in [-0.2, 0) is 13.0 Å². The molecule has 0 unspecified atom stereocenters. The van der Waals surface area contributed by atoms with Crippen LogP contribution >= 0.6 is 11.3 Å². The van der Waals surface area contributed by atoms with Crippen LogP contribution < -0.4 is 10.9 Å². The maximum atomic E-state index is 13.5.